The topological polar surface area (TPSA) is 75.4 Å². The number of aromatic nitrogens is 1. The molecule has 0 radical (unpaired) electrons. The highest BCUT2D eigenvalue weighted by Crippen LogP contribution is 1.77. The van der Waals surface area contributed by atoms with Crippen LogP contribution in [0.3, 0.4) is 0 Å². The van der Waals surface area contributed by atoms with Gasteiger partial charge in [0.2, 0.25) is 0 Å². The predicted molar refractivity (Wildman–Crippen MR) is 34.4 cm³/mol. The van der Waals surface area contributed by atoms with E-state index in [1.807, 2.05) is 0 Å². The summed E-state index contributed by atoms with van der Waals surface area (Å²) in [7, 11) is 0. The van der Waals surface area contributed by atoms with Crippen molar-refractivity contribution in [3.63, 3.8) is 0 Å². The molecule has 2 heterocycles. The Kier molecular flexibility index (Phi) is 1.06. The molecule has 2 rings (SSSR count). The van der Waals surface area contributed by atoms with Crippen LogP contribution in [0.4, 0.5) is 0 Å². The summed E-state index contributed by atoms with van der Waals surface area (Å²) in [6.07, 6.45) is 1.24. The lowest BCUT2D eigenvalue weighted by molar-refractivity contribution is -0.112. The lowest BCUT2D eigenvalue weighted by atomic mass is 10.3. The molecule has 0 atom stereocenters. The fourth-order valence-corrected chi connectivity index (χ4v) is 0.910. The molecule has 0 fully saturated rings. The van der Waals surface area contributed by atoms with Gasteiger partial charge >= 0.3 is 5.63 Å². The molecule has 0 spiro atoms. The summed E-state index contributed by atoms with van der Waals surface area (Å²) in [5.74, 6) is -0.176. The molecule has 1 aliphatic rings. The van der Waals surface area contributed by atoms with Crippen molar-refractivity contribution >= 4 is 11.9 Å². The Balaban J connectivity index is 2.99. The number of carbonyl (C=O) groups excluding carboxylic acids is 1. The maximum absolute atomic E-state index is 10.8. The zero-order chi connectivity index (χ0) is 7.84. The van der Waals surface area contributed by atoms with Crippen molar-refractivity contribution in [2.75, 3.05) is 6.54 Å². The van der Waals surface area contributed by atoms with E-state index >= 15 is 0 Å². The molecule has 5 nitrogen and oxygen atoms in total. The summed E-state index contributed by atoms with van der Waals surface area (Å²) in [5.41, 5.74) is -0.189. The van der Waals surface area contributed by atoms with Crippen LogP contribution in [0.1, 0.15) is 0 Å². The first-order chi connectivity index (χ1) is 5.27. The average Bonchev–Trinajstić information content (AvgIpc) is 2.33. The van der Waals surface area contributed by atoms with Gasteiger partial charge in [0.05, 0.1) is 0 Å². The number of aromatic amines is 1. The van der Waals surface area contributed by atoms with Gasteiger partial charge in [0.1, 0.15) is 11.8 Å². The monoisotopic (exact) mass is 152 g/mol. The molecule has 1 N–H and O–H groups in total. The molecule has 0 aromatic carbocycles. The number of rotatable bonds is 0. The molecule has 56 valence electrons. The van der Waals surface area contributed by atoms with E-state index in [1.54, 1.807) is 0 Å². The fourth-order valence-electron chi connectivity index (χ4n) is 0.910. The summed E-state index contributed by atoms with van der Waals surface area (Å²) in [5, 5.41) is 2.53. The van der Waals surface area contributed by atoms with E-state index in [4.69, 9.17) is 0 Å². The number of hydrogen-bond donors (Lipinski definition) is 1. The number of nitrogens with one attached hydrogen (secondary N) is 1. The fraction of sp³-hybridized carbons (Fsp3) is 0.167. The molecule has 1 aromatic rings. The van der Waals surface area contributed by atoms with Crippen molar-refractivity contribution in [2.24, 2.45) is 4.99 Å². The van der Waals surface area contributed by atoms with Crippen LogP contribution >= 0.6 is 0 Å². The Morgan fingerprint density at radius 1 is 1.55 bits per heavy atom. The van der Waals surface area contributed by atoms with E-state index in [1.165, 1.54) is 6.08 Å². The highest BCUT2D eigenvalue weighted by Gasteiger charge is 2.06. The number of H-pyrrole nitrogens is 1. The van der Waals surface area contributed by atoms with Gasteiger partial charge in [-0.2, -0.15) is 5.16 Å². The van der Waals surface area contributed by atoms with Crippen LogP contribution in [0.5, 0.6) is 0 Å². The maximum Gasteiger partial charge on any atom is 0.366 e. The Labute approximate surface area is 60.0 Å². The Bertz CT molecular complexity index is 465. The van der Waals surface area contributed by atoms with Crippen LogP contribution in [0.15, 0.2) is 14.3 Å². The summed E-state index contributed by atoms with van der Waals surface area (Å²) < 4.78 is 4.41. The third kappa shape index (κ3) is 0.813. The summed E-state index contributed by atoms with van der Waals surface area (Å²) in [6, 6.07) is 0. The third-order valence-electron chi connectivity index (χ3n) is 1.41. The summed E-state index contributed by atoms with van der Waals surface area (Å²) in [4.78, 5) is 25.3. The van der Waals surface area contributed by atoms with Gasteiger partial charge in [-0.3, -0.25) is 9.79 Å². The van der Waals surface area contributed by atoms with Crippen LogP contribution in [0, 0.1) is 0 Å². The van der Waals surface area contributed by atoms with Crippen molar-refractivity contribution in [2.45, 2.75) is 0 Å². The van der Waals surface area contributed by atoms with Crippen molar-refractivity contribution in [1.29, 1.82) is 0 Å². The van der Waals surface area contributed by atoms with Crippen LogP contribution in [0.2, 0.25) is 0 Å². The molecular formula is C6H4N2O3. The number of hydrogen-bond acceptors (Lipinski definition) is 4. The molecule has 0 unspecified atom stereocenters. The quantitative estimate of drug-likeness (QED) is 0.465. The standard InChI is InChI=1S/C6H4N2O3/c9-3-1-4-5(7-2-3)8-11-6(4)10/h1H,2H2,(H,7,8). The first kappa shape index (κ1) is 6.09. The largest absolute Gasteiger partial charge is 0.366 e. The highest BCUT2D eigenvalue weighted by molar-refractivity contribution is 6.07. The third-order valence-corrected chi connectivity index (χ3v) is 1.41. The molecule has 0 amide bonds. The second-order valence-corrected chi connectivity index (χ2v) is 2.18. The Hall–Kier alpha value is -1.65. The summed E-state index contributed by atoms with van der Waals surface area (Å²) >= 11 is 0. The molecule has 5 heteroatoms. The van der Waals surface area contributed by atoms with E-state index in [-0.39, 0.29) is 17.5 Å². The second kappa shape index (κ2) is 1.91. The van der Waals surface area contributed by atoms with Gasteiger partial charge in [-0.25, -0.2) is 4.79 Å². The normalized spacial score (nSPS) is 15.1. The minimum Gasteiger partial charge on any atom is -0.336 e. The molecule has 0 saturated heterocycles. The van der Waals surface area contributed by atoms with Crippen molar-refractivity contribution < 1.29 is 9.32 Å². The van der Waals surface area contributed by atoms with Gasteiger partial charge in [-0.15, -0.1) is 0 Å². The number of ketones is 1. The Morgan fingerprint density at radius 2 is 2.36 bits per heavy atom. The highest BCUT2D eigenvalue weighted by atomic mass is 16.5. The van der Waals surface area contributed by atoms with Crippen LogP contribution in [-0.2, 0) is 4.79 Å². The lowest BCUT2D eigenvalue weighted by Gasteiger charge is -1.88. The molecule has 0 aliphatic carbocycles. The smallest absolute Gasteiger partial charge is 0.336 e. The number of fused-ring (bicyclic) bond motifs is 1. The molecule has 0 bridgehead atoms. The average molecular weight is 152 g/mol. The number of nitrogens with zero attached hydrogens (tertiary/aromatic N) is 1. The molecule has 1 aromatic heterocycles. The minimum atomic E-state index is -0.545. The van der Waals surface area contributed by atoms with Gasteiger partial charge in [0.25, 0.3) is 0 Å². The second-order valence-electron chi connectivity index (χ2n) is 2.18. The molecule has 1 aliphatic heterocycles. The molecular weight excluding hydrogens is 148 g/mol. The lowest BCUT2D eigenvalue weighted by Crippen LogP contribution is -2.37. The van der Waals surface area contributed by atoms with Crippen molar-refractivity contribution in [3.8, 4) is 0 Å². The number of Topliss-reactive ketones (excluding diaryl/α,β-unsaturated/α-hetero) is 1. The van der Waals surface area contributed by atoms with Crippen LogP contribution in [0.25, 0.3) is 6.08 Å². The van der Waals surface area contributed by atoms with Gasteiger partial charge in [0, 0.05) is 6.08 Å². The van der Waals surface area contributed by atoms with E-state index in [0.717, 1.165) is 0 Å². The van der Waals surface area contributed by atoms with Crippen molar-refractivity contribution in [3.05, 3.63) is 21.1 Å². The zero-order valence-corrected chi connectivity index (χ0v) is 5.46. The summed E-state index contributed by atoms with van der Waals surface area (Å²) in [6.45, 7) is 0.0858. The van der Waals surface area contributed by atoms with Crippen molar-refractivity contribution in [1.82, 2.24) is 5.16 Å². The maximum atomic E-state index is 10.8. The van der Waals surface area contributed by atoms with Gasteiger partial charge in [-0.1, -0.05) is 0 Å². The van der Waals surface area contributed by atoms with Gasteiger partial charge in [0.15, 0.2) is 11.3 Å². The van der Waals surface area contributed by atoms with Crippen LogP contribution in [-0.4, -0.2) is 17.5 Å². The van der Waals surface area contributed by atoms with E-state index < -0.39 is 5.63 Å². The molecule has 11 heavy (non-hydrogen) atoms. The Morgan fingerprint density at radius 3 is 3.18 bits per heavy atom. The van der Waals surface area contributed by atoms with E-state index in [9.17, 15) is 9.59 Å². The van der Waals surface area contributed by atoms with E-state index in [2.05, 4.69) is 14.7 Å². The first-order valence-electron chi connectivity index (χ1n) is 3.04. The van der Waals surface area contributed by atoms with Gasteiger partial charge < -0.3 is 4.52 Å². The minimum absolute atomic E-state index is 0.0858. The van der Waals surface area contributed by atoms with Gasteiger partial charge in [-0.05, 0) is 0 Å². The molecule has 0 saturated carbocycles. The first-order valence-corrected chi connectivity index (χ1v) is 3.04. The SMILES string of the molecule is O=C1C=c2c([nH]oc2=O)=NC1. The number of carbonyl (C=O) groups is 1. The zero-order valence-electron chi connectivity index (χ0n) is 5.46. The van der Waals surface area contributed by atoms with E-state index in [0.29, 0.717) is 5.49 Å². The predicted octanol–water partition coefficient (Wildman–Crippen LogP) is -2.05. The van der Waals surface area contributed by atoms with Crippen LogP contribution < -0.4 is 16.3 Å².